The van der Waals surface area contributed by atoms with E-state index >= 15 is 0 Å². The molecule has 2 rings (SSSR count). The van der Waals surface area contributed by atoms with Crippen LogP contribution in [0.25, 0.3) is 0 Å². The Balaban J connectivity index is 1.81. The minimum Gasteiger partial charge on any atom is -0.492 e. The normalized spacial score (nSPS) is 10.4. The van der Waals surface area contributed by atoms with Crippen LogP contribution in [0.1, 0.15) is 17.0 Å². The highest BCUT2D eigenvalue weighted by Gasteiger charge is 2.06. The van der Waals surface area contributed by atoms with Crippen LogP contribution >= 0.6 is 0 Å². The Morgan fingerprint density at radius 2 is 2.14 bits per heavy atom. The lowest BCUT2D eigenvalue weighted by molar-refractivity contribution is -0.120. The van der Waals surface area contributed by atoms with E-state index in [1.165, 1.54) is 0 Å². The molecule has 0 radical (unpaired) electrons. The lowest BCUT2D eigenvalue weighted by Crippen LogP contribution is -2.25. The van der Waals surface area contributed by atoms with Crippen LogP contribution in [-0.2, 0) is 17.8 Å². The standard InChI is InChI=1S/C15H20N4O2/c1-11-14(19-10-18-11)9-17-15(20)8-12-2-4-13(5-3-12)21-7-6-16/h2-5,10H,6-9,16H2,1H3,(H,17,20)(H,18,19). The number of amides is 1. The molecule has 6 nitrogen and oxygen atoms in total. The molecule has 1 heterocycles. The number of nitrogens with two attached hydrogens (primary N) is 1. The van der Waals surface area contributed by atoms with Crippen LogP contribution in [-0.4, -0.2) is 29.0 Å². The van der Waals surface area contributed by atoms with E-state index in [-0.39, 0.29) is 5.91 Å². The van der Waals surface area contributed by atoms with Gasteiger partial charge in [0.15, 0.2) is 0 Å². The zero-order valence-corrected chi connectivity index (χ0v) is 12.1. The number of hydrogen-bond acceptors (Lipinski definition) is 4. The Kier molecular flexibility index (Phi) is 5.34. The van der Waals surface area contributed by atoms with E-state index in [1.807, 2.05) is 31.2 Å². The monoisotopic (exact) mass is 288 g/mol. The molecule has 0 spiro atoms. The number of benzene rings is 1. The number of nitrogens with zero attached hydrogens (tertiary/aromatic N) is 1. The van der Waals surface area contributed by atoms with Crippen molar-refractivity contribution in [2.24, 2.45) is 5.73 Å². The second-order valence-electron chi connectivity index (χ2n) is 4.71. The molecule has 0 aliphatic heterocycles. The van der Waals surface area contributed by atoms with E-state index in [9.17, 15) is 4.79 Å². The Morgan fingerprint density at radius 3 is 2.76 bits per heavy atom. The molecule has 6 heteroatoms. The van der Waals surface area contributed by atoms with Gasteiger partial charge in [0.2, 0.25) is 5.91 Å². The lowest BCUT2D eigenvalue weighted by atomic mass is 10.1. The summed E-state index contributed by atoms with van der Waals surface area (Å²) < 4.78 is 5.39. The number of aromatic nitrogens is 2. The van der Waals surface area contributed by atoms with Gasteiger partial charge in [0, 0.05) is 12.2 Å². The topological polar surface area (TPSA) is 93.0 Å². The van der Waals surface area contributed by atoms with E-state index in [1.54, 1.807) is 6.33 Å². The third-order valence-electron chi connectivity index (χ3n) is 3.06. The van der Waals surface area contributed by atoms with Gasteiger partial charge in [-0.3, -0.25) is 4.79 Å². The van der Waals surface area contributed by atoms with Gasteiger partial charge in [0.05, 0.1) is 25.0 Å². The Morgan fingerprint density at radius 1 is 1.38 bits per heavy atom. The Hall–Kier alpha value is -2.34. The first kappa shape index (κ1) is 15.1. The SMILES string of the molecule is Cc1[nH]cnc1CNC(=O)Cc1ccc(OCCN)cc1. The van der Waals surface area contributed by atoms with E-state index in [4.69, 9.17) is 10.5 Å². The molecule has 2 aromatic rings. The summed E-state index contributed by atoms with van der Waals surface area (Å²) in [6.07, 6.45) is 1.96. The second kappa shape index (κ2) is 7.44. The summed E-state index contributed by atoms with van der Waals surface area (Å²) in [6, 6.07) is 7.45. The van der Waals surface area contributed by atoms with Crippen molar-refractivity contribution in [2.75, 3.05) is 13.2 Å². The van der Waals surface area contributed by atoms with Crippen molar-refractivity contribution < 1.29 is 9.53 Å². The Labute approximate surface area is 123 Å². The molecule has 0 fully saturated rings. The van der Waals surface area contributed by atoms with Crippen molar-refractivity contribution in [2.45, 2.75) is 19.9 Å². The molecule has 1 amide bonds. The van der Waals surface area contributed by atoms with Crippen LogP contribution in [0.3, 0.4) is 0 Å². The van der Waals surface area contributed by atoms with Crippen LogP contribution < -0.4 is 15.8 Å². The fraction of sp³-hybridized carbons (Fsp3) is 0.333. The van der Waals surface area contributed by atoms with E-state index in [0.717, 1.165) is 22.7 Å². The number of hydrogen-bond donors (Lipinski definition) is 3. The highest BCUT2D eigenvalue weighted by Crippen LogP contribution is 2.12. The molecule has 21 heavy (non-hydrogen) atoms. The Bertz CT molecular complexity index is 578. The molecule has 0 saturated heterocycles. The number of rotatable bonds is 7. The van der Waals surface area contributed by atoms with Crippen LogP contribution in [0.15, 0.2) is 30.6 Å². The summed E-state index contributed by atoms with van der Waals surface area (Å²) >= 11 is 0. The van der Waals surface area contributed by atoms with Gasteiger partial charge >= 0.3 is 0 Å². The van der Waals surface area contributed by atoms with Gasteiger partial charge in [-0.1, -0.05) is 12.1 Å². The molecule has 112 valence electrons. The molecule has 1 aromatic carbocycles. The number of carbonyl (C=O) groups excluding carboxylic acids is 1. The van der Waals surface area contributed by atoms with Crippen LogP contribution in [0, 0.1) is 6.92 Å². The van der Waals surface area contributed by atoms with Gasteiger partial charge < -0.3 is 20.8 Å². The largest absolute Gasteiger partial charge is 0.492 e. The molecule has 0 saturated carbocycles. The number of aryl methyl sites for hydroxylation is 1. The van der Waals surface area contributed by atoms with Crippen LogP contribution in [0.5, 0.6) is 5.75 Å². The molecular formula is C15H20N4O2. The summed E-state index contributed by atoms with van der Waals surface area (Å²) in [4.78, 5) is 19.0. The van der Waals surface area contributed by atoms with Crippen molar-refractivity contribution >= 4 is 5.91 Å². The van der Waals surface area contributed by atoms with Crippen molar-refractivity contribution in [3.05, 3.63) is 47.5 Å². The van der Waals surface area contributed by atoms with Crippen LogP contribution in [0.4, 0.5) is 0 Å². The molecule has 0 atom stereocenters. The molecule has 0 bridgehead atoms. The maximum absolute atomic E-state index is 11.9. The zero-order valence-electron chi connectivity index (χ0n) is 12.1. The average molecular weight is 288 g/mol. The summed E-state index contributed by atoms with van der Waals surface area (Å²) in [6.45, 7) is 3.33. The third kappa shape index (κ3) is 4.61. The first-order valence-electron chi connectivity index (χ1n) is 6.86. The van der Waals surface area contributed by atoms with Gasteiger partial charge in [-0.15, -0.1) is 0 Å². The first-order valence-corrected chi connectivity index (χ1v) is 6.86. The number of carbonyl (C=O) groups is 1. The zero-order chi connectivity index (χ0) is 15.1. The quantitative estimate of drug-likeness (QED) is 0.706. The van der Waals surface area contributed by atoms with E-state index in [2.05, 4.69) is 15.3 Å². The van der Waals surface area contributed by atoms with Gasteiger partial charge in [-0.2, -0.15) is 0 Å². The highest BCUT2D eigenvalue weighted by atomic mass is 16.5. The lowest BCUT2D eigenvalue weighted by Gasteiger charge is -2.07. The highest BCUT2D eigenvalue weighted by molar-refractivity contribution is 5.78. The number of imidazole rings is 1. The first-order chi connectivity index (χ1) is 10.2. The van der Waals surface area contributed by atoms with Crippen molar-refractivity contribution in [1.29, 1.82) is 0 Å². The summed E-state index contributed by atoms with van der Waals surface area (Å²) in [7, 11) is 0. The predicted octanol–water partition coefficient (Wildman–Crippen LogP) is 0.915. The molecule has 4 N–H and O–H groups in total. The number of aromatic amines is 1. The maximum atomic E-state index is 11.9. The second-order valence-corrected chi connectivity index (χ2v) is 4.71. The van der Waals surface area contributed by atoms with Crippen LogP contribution in [0.2, 0.25) is 0 Å². The van der Waals surface area contributed by atoms with Gasteiger partial charge in [-0.25, -0.2) is 4.98 Å². The minimum atomic E-state index is -0.0342. The van der Waals surface area contributed by atoms with Crippen molar-refractivity contribution in [3.63, 3.8) is 0 Å². The summed E-state index contributed by atoms with van der Waals surface area (Å²) in [5, 5.41) is 2.85. The van der Waals surface area contributed by atoms with Gasteiger partial charge in [0.1, 0.15) is 12.4 Å². The third-order valence-corrected chi connectivity index (χ3v) is 3.06. The molecule has 0 unspecified atom stereocenters. The molecule has 1 aromatic heterocycles. The maximum Gasteiger partial charge on any atom is 0.224 e. The van der Waals surface area contributed by atoms with Crippen molar-refractivity contribution in [1.82, 2.24) is 15.3 Å². The molecular weight excluding hydrogens is 268 g/mol. The fourth-order valence-corrected chi connectivity index (χ4v) is 1.88. The molecule has 0 aliphatic rings. The van der Waals surface area contributed by atoms with Gasteiger partial charge in [-0.05, 0) is 24.6 Å². The number of ether oxygens (including phenoxy) is 1. The predicted molar refractivity (Wildman–Crippen MR) is 79.9 cm³/mol. The average Bonchev–Trinajstić information content (AvgIpc) is 2.90. The fourth-order valence-electron chi connectivity index (χ4n) is 1.88. The minimum absolute atomic E-state index is 0.0342. The molecule has 0 aliphatic carbocycles. The van der Waals surface area contributed by atoms with Gasteiger partial charge in [0.25, 0.3) is 0 Å². The number of nitrogens with one attached hydrogen (secondary N) is 2. The summed E-state index contributed by atoms with van der Waals surface area (Å²) in [5.74, 6) is 0.727. The van der Waals surface area contributed by atoms with E-state index in [0.29, 0.717) is 26.1 Å². The van der Waals surface area contributed by atoms with E-state index < -0.39 is 0 Å². The summed E-state index contributed by atoms with van der Waals surface area (Å²) in [5.41, 5.74) is 8.13. The number of H-pyrrole nitrogens is 1. The van der Waals surface area contributed by atoms with Crippen molar-refractivity contribution in [3.8, 4) is 5.75 Å². The smallest absolute Gasteiger partial charge is 0.224 e.